The lowest BCUT2D eigenvalue weighted by Gasteiger charge is -2.24. The van der Waals surface area contributed by atoms with Crippen LogP contribution in [0.5, 0.6) is 5.75 Å². The molecule has 1 aliphatic heterocycles. The SMILES string of the molecule is C=CCN1CCc2cc(S(=O)(=O)c3ccccc3)c(O)cc2C(c2ccccc2)C1.Cl. The summed E-state index contributed by atoms with van der Waals surface area (Å²) >= 11 is 0. The van der Waals surface area contributed by atoms with E-state index < -0.39 is 9.84 Å². The molecule has 0 bridgehead atoms. The number of fused-ring (bicyclic) bond motifs is 1. The Morgan fingerprint density at radius 3 is 2.32 bits per heavy atom. The zero-order valence-electron chi connectivity index (χ0n) is 17.1. The van der Waals surface area contributed by atoms with E-state index in [0.717, 1.165) is 36.3 Å². The van der Waals surface area contributed by atoms with Gasteiger partial charge in [0, 0.05) is 25.6 Å². The molecule has 1 N–H and O–H groups in total. The van der Waals surface area contributed by atoms with Crippen LogP contribution in [-0.4, -0.2) is 38.1 Å². The molecule has 162 valence electrons. The van der Waals surface area contributed by atoms with Crippen molar-refractivity contribution in [3.63, 3.8) is 0 Å². The second-order valence-electron chi connectivity index (χ2n) is 7.60. The van der Waals surface area contributed by atoms with Crippen molar-refractivity contribution in [2.24, 2.45) is 0 Å². The number of benzene rings is 3. The summed E-state index contributed by atoms with van der Waals surface area (Å²) in [7, 11) is -3.80. The van der Waals surface area contributed by atoms with Crippen LogP contribution < -0.4 is 0 Å². The normalized spacial score (nSPS) is 16.6. The van der Waals surface area contributed by atoms with Gasteiger partial charge in [-0.3, -0.25) is 4.90 Å². The van der Waals surface area contributed by atoms with Gasteiger partial charge in [0.1, 0.15) is 10.6 Å². The number of rotatable bonds is 5. The van der Waals surface area contributed by atoms with E-state index in [1.54, 1.807) is 42.5 Å². The summed E-state index contributed by atoms with van der Waals surface area (Å²) < 4.78 is 26.3. The summed E-state index contributed by atoms with van der Waals surface area (Å²) in [4.78, 5) is 2.46. The Morgan fingerprint density at radius 1 is 1.03 bits per heavy atom. The first-order valence-corrected chi connectivity index (χ1v) is 11.5. The minimum Gasteiger partial charge on any atom is -0.507 e. The Balaban J connectivity index is 0.00000272. The first-order valence-electron chi connectivity index (χ1n) is 10.0. The van der Waals surface area contributed by atoms with E-state index in [2.05, 4.69) is 23.6 Å². The number of aromatic hydroxyl groups is 1. The van der Waals surface area contributed by atoms with E-state index in [0.29, 0.717) is 6.42 Å². The van der Waals surface area contributed by atoms with Crippen LogP contribution in [0.15, 0.2) is 95.2 Å². The third kappa shape index (κ3) is 4.69. The Labute approximate surface area is 190 Å². The van der Waals surface area contributed by atoms with Crippen molar-refractivity contribution in [3.8, 4) is 5.75 Å². The van der Waals surface area contributed by atoms with Crippen LogP contribution in [0.3, 0.4) is 0 Å². The van der Waals surface area contributed by atoms with Gasteiger partial charge >= 0.3 is 0 Å². The molecule has 0 aromatic heterocycles. The molecule has 0 fully saturated rings. The molecule has 31 heavy (non-hydrogen) atoms. The number of phenolic OH excluding ortho intramolecular Hbond substituents is 1. The predicted molar refractivity (Wildman–Crippen MR) is 126 cm³/mol. The highest BCUT2D eigenvalue weighted by Crippen LogP contribution is 2.38. The van der Waals surface area contributed by atoms with Crippen LogP contribution in [-0.2, 0) is 16.3 Å². The quantitative estimate of drug-likeness (QED) is 0.560. The van der Waals surface area contributed by atoms with Gasteiger partial charge in [-0.1, -0.05) is 54.6 Å². The van der Waals surface area contributed by atoms with Gasteiger partial charge in [-0.15, -0.1) is 19.0 Å². The van der Waals surface area contributed by atoms with E-state index in [9.17, 15) is 13.5 Å². The Kier molecular flexibility index (Phi) is 7.21. The number of phenols is 1. The Hall–Kier alpha value is -2.60. The van der Waals surface area contributed by atoms with Gasteiger partial charge in [0.25, 0.3) is 0 Å². The zero-order chi connectivity index (χ0) is 21.1. The molecule has 0 amide bonds. The number of hydrogen-bond donors (Lipinski definition) is 1. The van der Waals surface area contributed by atoms with Gasteiger partial charge in [-0.05, 0) is 47.4 Å². The number of sulfone groups is 1. The predicted octanol–water partition coefficient (Wildman–Crippen LogP) is 4.82. The molecule has 0 saturated carbocycles. The van der Waals surface area contributed by atoms with Crippen LogP contribution in [0.4, 0.5) is 0 Å². The third-order valence-electron chi connectivity index (χ3n) is 5.67. The molecule has 1 heterocycles. The highest BCUT2D eigenvalue weighted by molar-refractivity contribution is 7.91. The van der Waals surface area contributed by atoms with Gasteiger partial charge in [-0.25, -0.2) is 8.42 Å². The standard InChI is InChI=1S/C25H25NO3S.ClH/c1-2-14-26-15-13-20-16-25(30(28,29)21-11-7-4-8-12-21)24(27)17-22(20)23(18-26)19-9-5-3-6-10-19;/h2-12,16-17,23,27H,1,13-15,18H2;1H. The maximum absolute atomic E-state index is 13.2. The zero-order valence-corrected chi connectivity index (χ0v) is 18.8. The van der Waals surface area contributed by atoms with Crippen LogP contribution in [0.2, 0.25) is 0 Å². The molecule has 6 heteroatoms. The van der Waals surface area contributed by atoms with Crippen molar-refractivity contribution in [2.75, 3.05) is 19.6 Å². The Bertz CT molecular complexity index is 1150. The molecule has 0 radical (unpaired) electrons. The van der Waals surface area contributed by atoms with Crippen molar-refractivity contribution in [1.29, 1.82) is 0 Å². The molecular weight excluding hydrogens is 430 g/mol. The lowest BCUT2D eigenvalue weighted by Crippen LogP contribution is -2.28. The molecule has 4 rings (SSSR count). The minimum absolute atomic E-state index is 0. The molecule has 0 aliphatic carbocycles. The van der Waals surface area contributed by atoms with E-state index >= 15 is 0 Å². The number of hydrogen-bond acceptors (Lipinski definition) is 4. The molecule has 1 aliphatic rings. The highest BCUT2D eigenvalue weighted by atomic mass is 35.5. The molecule has 0 saturated heterocycles. The molecule has 3 aromatic rings. The van der Waals surface area contributed by atoms with Crippen molar-refractivity contribution >= 4 is 22.2 Å². The van der Waals surface area contributed by atoms with Crippen molar-refractivity contribution in [2.45, 2.75) is 22.1 Å². The molecule has 3 aromatic carbocycles. The van der Waals surface area contributed by atoms with Gasteiger partial charge in [-0.2, -0.15) is 0 Å². The van der Waals surface area contributed by atoms with Crippen LogP contribution in [0, 0.1) is 0 Å². The lowest BCUT2D eigenvalue weighted by atomic mass is 9.88. The molecule has 1 unspecified atom stereocenters. The smallest absolute Gasteiger partial charge is 0.210 e. The highest BCUT2D eigenvalue weighted by Gasteiger charge is 2.29. The first-order chi connectivity index (χ1) is 14.5. The molecule has 4 nitrogen and oxygen atoms in total. The number of halogens is 1. The summed E-state index contributed by atoms with van der Waals surface area (Å²) in [6, 6.07) is 21.7. The second kappa shape index (κ2) is 9.69. The monoisotopic (exact) mass is 455 g/mol. The Morgan fingerprint density at radius 2 is 1.68 bits per heavy atom. The molecule has 1 atom stereocenters. The van der Waals surface area contributed by atoms with E-state index in [1.807, 2.05) is 24.3 Å². The fourth-order valence-corrected chi connectivity index (χ4v) is 5.56. The van der Waals surface area contributed by atoms with Gasteiger partial charge < -0.3 is 5.11 Å². The van der Waals surface area contributed by atoms with Crippen LogP contribution in [0.1, 0.15) is 22.6 Å². The van der Waals surface area contributed by atoms with Crippen molar-refractivity contribution in [1.82, 2.24) is 4.90 Å². The minimum atomic E-state index is -3.80. The van der Waals surface area contributed by atoms with E-state index in [4.69, 9.17) is 0 Å². The summed E-state index contributed by atoms with van der Waals surface area (Å²) in [5.74, 6) is -0.154. The van der Waals surface area contributed by atoms with Gasteiger partial charge in [0.15, 0.2) is 0 Å². The third-order valence-corrected chi connectivity index (χ3v) is 7.47. The van der Waals surface area contributed by atoms with Crippen molar-refractivity contribution < 1.29 is 13.5 Å². The van der Waals surface area contributed by atoms with Gasteiger partial charge in [0.05, 0.1) is 4.90 Å². The van der Waals surface area contributed by atoms with Crippen LogP contribution >= 0.6 is 12.4 Å². The van der Waals surface area contributed by atoms with Crippen LogP contribution in [0.25, 0.3) is 0 Å². The van der Waals surface area contributed by atoms with Crippen molar-refractivity contribution in [3.05, 3.63) is 102 Å². The number of nitrogens with zero attached hydrogens (tertiary/aromatic N) is 1. The van der Waals surface area contributed by atoms with E-state index in [1.165, 1.54) is 0 Å². The van der Waals surface area contributed by atoms with Gasteiger partial charge in [0.2, 0.25) is 9.84 Å². The molecular formula is C25H26ClNO3S. The average Bonchev–Trinajstić information content (AvgIpc) is 2.94. The first kappa shape index (κ1) is 23.1. The summed E-state index contributed by atoms with van der Waals surface area (Å²) in [5, 5.41) is 10.8. The lowest BCUT2D eigenvalue weighted by molar-refractivity contribution is 0.306. The summed E-state index contributed by atoms with van der Waals surface area (Å²) in [6.07, 6.45) is 2.60. The fraction of sp³-hybridized carbons (Fsp3) is 0.200. The largest absolute Gasteiger partial charge is 0.507 e. The van der Waals surface area contributed by atoms with E-state index in [-0.39, 0.29) is 33.9 Å². The average molecular weight is 456 g/mol. The summed E-state index contributed by atoms with van der Waals surface area (Å²) in [5.41, 5.74) is 3.09. The fourth-order valence-electron chi connectivity index (χ4n) is 4.15. The second-order valence-corrected chi connectivity index (χ2v) is 9.51. The topological polar surface area (TPSA) is 57.6 Å². The maximum Gasteiger partial charge on any atom is 0.210 e. The molecule has 0 spiro atoms. The summed E-state index contributed by atoms with van der Waals surface area (Å²) in [6.45, 7) is 6.22. The maximum atomic E-state index is 13.2.